The van der Waals surface area contributed by atoms with E-state index in [2.05, 4.69) is 52.0 Å². The molecule has 3 rings (SSSR count). The minimum atomic E-state index is 0.579. The Balaban J connectivity index is 1.86. The van der Waals surface area contributed by atoms with Crippen molar-refractivity contribution in [2.45, 2.75) is 32.9 Å². The number of piperazine rings is 1. The Morgan fingerprint density at radius 1 is 1.43 bits per heavy atom. The Hall–Kier alpha value is -1.11. The van der Waals surface area contributed by atoms with E-state index in [9.17, 15) is 0 Å². The lowest BCUT2D eigenvalue weighted by atomic mass is 10.2. The second-order valence-electron chi connectivity index (χ2n) is 5.89. The highest BCUT2D eigenvalue weighted by atomic mass is 32.1. The van der Waals surface area contributed by atoms with Gasteiger partial charge in [-0.2, -0.15) is 0 Å². The summed E-state index contributed by atoms with van der Waals surface area (Å²) in [6, 6.07) is 0.579. The van der Waals surface area contributed by atoms with Crippen molar-refractivity contribution >= 4 is 22.1 Å². The summed E-state index contributed by atoms with van der Waals surface area (Å²) in [7, 11) is 2.21. The fourth-order valence-electron chi connectivity index (χ4n) is 2.86. The summed E-state index contributed by atoms with van der Waals surface area (Å²) in [6.45, 7) is 9.66. The molecule has 1 unspecified atom stereocenters. The fourth-order valence-corrected chi connectivity index (χ4v) is 3.59. The first-order valence-corrected chi connectivity index (χ1v) is 8.69. The van der Waals surface area contributed by atoms with Crippen LogP contribution in [0.4, 0.5) is 5.82 Å². The lowest BCUT2D eigenvalue weighted by Crippen LogP contribution is -2.50. The van der Waals surface area contributed by atoms with Crippen LogP contribution >= 0.6 is 11.3 Å². The van der Waals surface area contributed by atoms with Crippen LogP contribution in [-0.4, -0.2) is 53.6 Å². The average molecular weight is 307 g/mol. The van der Waals surface area contributed by atoms with Gasteiger partial charge < -0.3 is 15.1 Å². The zero-order chi connectivity index (χ0) is 14.8. The van der Waals surface area contributed by atoms with E-state index in [1.54, 1.807) is 11.3 Å². The number of rotatable bonds is 5. The van der Waals surface area contributed by atoms with Gasteiger partial charge in [0.1, 0.15) is 0 Å². The van der Waals surface area contributed by atoms with Crippen LogP contribution in [0.25, 0.3) is 4.96 Å². The number of thiazole rings is 1. The average Bonchev–Trinajstić information content (AvgIpc) is 3.04. The molecule has 1 aliphatic rings. The third kappa shape index (κ3) is 2.93. The van der Waals surface area contributed by atoms with Crippen LogP contribution in [0.1, 0.15) is 26.0 Å². The normalized spacial score (nSPS) is 20.5. The van der Waals surface area contributed by atoms with Gasteiger partial charge in [-0.1, -0.05) is 6.92 Å². The van der Waals surface area contributed by atoms with E-state index in [-0.39, 0.29) is 0 Å². The van der Waals surface area contributed by atoms with Gasteiger partial charge in [0.25, 0.3) is 0 Å². The third-order valence-electron chi connectivity index (χ3n) is 4.32. The first kappa shape index (κ1) is 14.8. The molecular formula is C15H25N5S. The van der Waals surface area contributed by atoms with Gasteiger partial charge in [0.05, 0.1) is 5.69 Å². The number of hydrogen-bond acceptors (Lipinski definition) is 5. The van der Waals surface area contributed by atoms with Gasteiger partial charge in [-0.25, -0.2) is 4.98 Å². The topological polar surface area (TPSA) is 35.8 Å². The number of hydrogen-bond donors (Lipinski definition) is 1. The largest absolute Gasteiger partial charge is 0.352 e. The number of anilines is 1. The van der Waals surface area contributed by atoms with Crippen molar-refractivity contribution in [3.8, 4) is 0 Å². The number of nitrogens with zero attached hydrogens (tertiary/aromatic N) is 4. The number of fused-ring (bicyclic) bond motifs is 1. The van der Waals surface area contributed by atoms with Crippen LogP contribution in [-0.2, 0) is 6.54 Å². The summed E-state index contributed by atoms with van der Waals surface area (Å²) in [5.74, 6) is 1.17. The van der Waals surface area contributed by atoms with Crippen molar-refractivity contribution in [3.05, 3.63) is 17.3 Å². The Labute approximate surface area is 130 Å². The van der Waals surface area contributed by atoms with E-state index in [0.717, 1.165) is 44.1 Å². The fraction of sp³-hybridized carbons (Fsp3) is 0.667. The zero-order valence-electron chi connectivity index (χ0n) is 13.2. The molecule has 0 amide bonds. The van der Waals surface area contributed by atoms with Crippen LogP contribution in [0.3, 0.4) is 0 Å². The molecule has 6 heteroatoms. The number of imidazole rings is 1. The molecule has 21 heavy (non-hydrogen) atoms. The highest BCUT2D eigenvalue weighted by Crippen LogP contribution is 2.26. The Morgan fingerprint density at radius 3 is 3.05 bits per heavy atom. The highest BCUT2D eigenvalue weighted by Gasteiger charge is 2.25. The molecule has 1 N–H and O–H groups in total. The zero-order valence-corrected chi connectivity index (χ0v) is 14.0. The Morgan fingerprint density at radius 2 is 2.29 bits per heavy atom. The molecule has 0 spiro atoms. The van der Waals surface area contributed by atoms with Crippen LogP contribution in [0, 0.1) is 0 Å². The molecule has 2 aromatic heterocycles. The minimum Gasteiger partial charge on any atom is -0.352 e. The number of aromatic nitrogens is 2. The molecule has 0 bridgehead atoms. The molecule has 0 saturated carbocycles. The van der Waals surface area contributed by atoms with Crippen molar-refractivity contribution in [3.63, 3.8) is 0 Å². The molecule has 0 radical (unpaired) electrons. The summed E-state index contributed by atoms with van der Waals surface area (Å²) in [4.78, 5) is 10.9. The van der Waals surface area contributed by atoms with Crippen LogP contribution in [0.2, 0.25) is 0 Å². The van der Waals surface area contributed by atoms with Crippen molar-refractivity contribution in [1.82, 2.24) is 19.6 Å². The molecule has 1 saturated heterocycles. The Bertz CT molecular complexity index is 590. The summed E-state index contributed by atoms with van der Waals surface area (Å²) in [5.41, 5.74) is 1.30. The van der Waals surface area contributed by atoms with Gasteiger partial charge in [-0.3, -0.25) is 4.40 Å². The maximum Gasteiger partial charge on any atom is 0.195 e. The van der Waals surface area contributed by atoms with E-state index in [1.807, 2.05) is 0 Å². The van der Waals surface area contributed by atoms with E-state index in [4.69, 9.17) is 4.98 Å². The first-order chi connectivity index (χ1) is 10.2. The quantitative estimate of drug-likeness (QED) is 0.858. The van der Waals surface area contributed by atoms with Gasteiger partial charge >= 0.3 is 0 Å². The molecular weight excluding hydrogens is 282 g/mol. The maximum atomic E-state index is 4.88. The van der Waals surface area contributed by atoms with Crippen molar-refractivity contribution in [2.75, 3.05) is 38.1 Å². The smallest absolute Gasteiger partial charge is 0.195 e. The van der Waals surface area contributed by atoms with Crippen molar-refractivity contribution in [2.24, 2.45) is 0 Å². The van der Waals surface area contributed by atoms with Crippen LogP contribution in [0.5, 0.6) is 0 Å². The van der Waals surface area contributed by atoms with Crippen LogP contribution < -0.4 is 10.2 Å². The first-order valence-electron chi connectivity index (χ1n) is 7.81. The van der Waals surface area contributed by atoms with E-state index >= 15 is 0 Å². The number of likely N-dealkylation sites (N-methyl/N-ethyl adjacent to an activating group) is 1. The minimum absolute atomic E-state index is 0.579. The molecule has 1 atom stereocenters. The van der Waals surface area contributed by atoms with E-state index in [0.29, 0.717) is 6.04 Å². The molecule has 0 aliphatic carbocycles. The van der Waals surface area contributed by atoms with Crippen LogP contribution in [0.15, 0.2) is 11.6 Å². The third-order valence-corrected chi connectivity index (χ3v) is 5.07. The standard InChI is InChI=1S/C15H25N5S/c1-4-5-16-10-13-14(17-15-20(13)8-9-21-15)19-7-6-18(3)12(2)11-19/h8-9,12,16H,4-7,10-11H2,1-3H3. The SMILES string of the molecule is CCCNCc1c(N2CCN(C)C(C)C2)nc2sccn12. The number of nitrogens with one attached hydrogen (secondary N) is 1. The monoisotopic (exact) mass is 307 g/mol. The van der Waals surface area contributed by atoms with E-state index < -0.39 is 0 Å². The second kappa shape index (κ2) is 6.34. The highest BCUT2D eigenvalue weighted by molar-refractivity contribution is 7.15. The summed E-state index contributed by atoms with van der Waals surface area (Å²) in [6.07, 6.45) is 3.30. The maximum absolute atomic E-state index is 4.88. The lowest BCUT2D eigenvalue weighted by molar-refractivity contribution is 0.233. The van der Waals surface area contributed by atoms with Crippen molar-refractivity contribution in [1.29, 1.82) is 0 Å². The molecule has 116 valence electrons. The van der Waals surface area contributed by atoms with Gasteiger partial charge in [-0.15, -0.1) is 11.3 Å². The molecule has 0 aromatic carbocycles. The summed E-state index contributed by atoms with van der Waals surface area (Å²) in [5, 5.41) is 5.64. The van der Waals surface area contributed by atoms with E-state index in [1.165, 1.54) is 11.5 Å². The molecule has 5 nitrogen and oxygen atoms in total. The van der Waals surface area contributed by atoms with Gasteiger partial charge in [0, 0.05) is 43.8 Å². The predicted octanol–water partition coefficient (Wildman–Crippen LogP) is 2.04. The molecule has 1 fully saturated rings. The molecule has 1 aliphatic heterocycles. The second-order valence-corrected chi connectivity index (χ2v) is 6.76. The van der Waals surface area contributed by atoms with Gasteiger partial charge in [-0.05, 0) is 26.9 Å². The summed E-state index contributed by atoms with van der Waals surface area (Å²) < 4.78 is 2.24. The Kier molecular flexibility index (Phi) is 4.47. The van der Waals surface area contributed by atoms with Gasteiger partial charge in [0.2, 0.25) is 0 Å². The summed E-state index contributed by atoms with van der Waals surface area (Å²) >= 11 is 1.71. The molecule has 3 heterocycles. The van der Waals surface area contributed by atoms with Gasteiger partial charge in [0.15, 0.2) is 10.8 Å². The lowest BCUT2D eigenvalue weighted by Gasteiger charge is -2.38. The van der Waals surface area contributed by atoms with Crippen molar-refractivity contribution < 1.29 is 0 Å². The molecule has 2 aromatic rings. The predicted molar refractivity (Wildman–Crippen MR) is 89.4 cm³/mol.